The Balaban J connectivity index is 3.03. The van der Waals surface area contributed by atoms with Gasteiger partial charge in [-0.15, -0.1) is 0 Å². The zero-order chi connectivity index (χ0) is 15.5. The minimum atomic E-state index is -3.99. The molecule has 2 N–H and O–H groups in total. The zero-order valence-corrected chi connectivity index (χ0v) is 13.2. The number of primary sulfonamides is 1. The molecule has 7 heteroatoms. The van der Waals surface area contributed by atoms with Crippen molar-refractivity contribution in [3.05, 3.63) is 28.3 Å². The minimum absolute atomic E-state index is 0.0197. The Bertz CT molecular complexity index is 611. The van der Waals surface area contributed by atoms with E-state index in [0.717, 1.165) is 12.5 Å². The number of rotatable bonds is 5. The molecule has 0 radical (unpaired) electrons. The smallest absolute Gasteiger partial charge is 0.338 e. The molecule has 0 amide bonds. The molecule has 0 spiro atoms. The maximum Gasteiger partial charge on any atom is 0.338 e. The summed E-state index contributed by atoms with van der Waals surface area (Å²) in [6.07, 6.45) is 0.736. The monoisotopic (exact) mass is 319 g/mol. The second-order valence-corrected chi connectivity index (χ2v) is 6.88. The van der Waals surface area contributed by atoms with E-state index in [1.54, 1.807) is 6.92 Å². The lowest BCUT2D eigenvalue weighted by molar-refractivity contribution is 0.0487. The molecule has 1 aromatic rings. The highest BCUT2D eigenvalue weighted by Crippen LogP contribution is 2.26. The van der Waals surface area contributed by atoms with Crippen molar-refractivity contribution < 1.29 is 17.9 Å². The van der Waals surface area contributed by atoms with E-state index in [0.29, 0.717) is 11.5 Å². The van der Waals surface area contributed by atoms with Crippen molar-refractivity contribution in [1.29, 1.82) is 0 Å². The van der Waals surface area contributed by atoms with Crippen LogP contribution in [0.3, 0.4) is 0 Å². The van der Waals surface area contributed by atoms with Crippen LogP contribution in [0.4, 0.5) is 0 Å². The molecule has 0 saturated carbocycles. The summed E-state index contributed by atoms with van der Waals surface area (Å²) in [7, 11) is -3.99. The Morgan fingerprint density at radius 2 is 2.00 bits per heavy atom. The van der Waals surface area contributed by atoms with E-state index in [1.807, 2.05) is 13.8 Å². The number of sulfonamides is 1. The molecule has 1 rings (SSSR count). The van der Waals surface area contributed by atoms with E-state index >= 15 is 0 Å². The lowest BCUT2D eigenvalue weighted by Gasteiger charge is -2.10. The van der Waals surface area contributed by atoms with Gasteiger partial charge in [0, 0.05) is 0 Å². The normalized spacial score (nSPS) is 11.7. The topological polar surface area (TPSA) is 86.5 Å². The van der Waals surface area contributed by atoms with E-state index < -0.39 is 16.0 Å². The van der Waals surface area contributed by atoms with Crippen molar-refractivity contribution in [3.8, 4) is 0 Å². The molecule has 112 valence electrons. The Hall–Kier alpha value is -1.11. The van der Waals surface area contributed by atoms with Crippen LogP contribution in [0.2, 0.25) is 5.02 Å². The average molecular weight is 320 g/mol. The minimum Gasteiger partial charge on any atom is -0.462 e. The van der Waals surface area contributed by atoms with Crippen LogP contribution in [0.15, 0.2) is 17.0 Å². The number of benzene rings is 1. The molecule has 0 aliphatic heterocycles. The number of hydrogen-bond acceptors (Lipinski definition) is 4. The average Bonchev–Trinajstić information content (AvgIpc) is 2.30. The largest absolute Gasteiger partial charge is 0.462 e. The lowest BCUT2D eigenvalue weighted by atomic mass is 10.1. The van der Waals surface area contributed by atoms with Crippen LogP contribution in [-0.2, 0) is 14.8 Å². The Labute approximate surface area is 124 Å². The van der Waals surface area contributed by atoms with Gasteiger partial charge in [-0.25, -0.2) is 18.4 Å². The second kappa shape index (κ2) is 6.56. The van der Waals surface area contributed by atoms with Crippen molar-refractivity contribution in [3.63, 3.8) is 0 Å². The van der Waals surface area contributed by atoms with Crippen molar-refractivity contribution in [2.45, 2.75) is 32.1 Å². The number of hydrogen-bond donors (Lipinski definition) is 1. The molecule has 0 bridgehead atoms. The quantitative estimate of drug-likeness (QED) is 0.845. The van der Waals surface area contributed by atoms with Crippen molar-refractivity contribution >= 4 is 27.6 Å². The van der Waals surface area contributed by atoms with Gasteiger partial charge in [0.25, 0.3) is 0 Å². The van der Waals surface area contributed by atoms with Crippen LogP contribution in [0.5, 0.6) is 0 Å². The first-order valence-corrected chi connectivity index (χ1v) is 8.05. The molecule has 1 aromatic carbocycles. The van der Waals surface area contributed by atoms with Gasteiger partial charge in [-0.3, -0.25) is 0 Å². The molecule has 20 heavy (non-hydrogen) atoms. The fourth-order valence-corrected chi connectivity index (χ4v) is 2.67. The van der Waals surface area contributed by atoms with Gasteiger partial charge in [-0.1, -0.05) is 25.4 Å². The molecule has 5 nitrogen and oxygen atoms in total. The highest BCUT2D eigenvalue weighted by atomic mass is 35.5. The van der Waals surface area contributed by atoms with Gasteiger partial charge in [0.15, 0.2) is 0 Å². The predicted octanol–water partition coefficient (Wildman–Crippen LogP) is 2.50. The fraction of sp³-hybridized carbons (Fsp3) is 0.462. The zero-order valence-electron chi connectivity index (χ0n) is 11.6. The highest BCUT2D eigenvalue weighted by molar-refractivity contribution is 7.89. The molecule has 0 aliphatic rings. The number of halogens is 1. The van der Waals surface area contributed by atoms with Crippen LogP contribution in [0.25, 0.3) is 0 Å². The number of carbonyl (C=O) groups is 1. The molecule has 0 aromatic heterocycles. The van der Waals surface area contributed by atoms with Crippen LogP contribution < -0.4 is 5.14 Å². The predicted molar refractivity (Wildman–Crippen MR) is 77.3 cm³/mol. The Morgan fingerprint density at radius 1 is 1.40 bits per heavy atom. The Morgan fingerprint density at radius 3 is 2.50 bits per heavy atom. The van der Waals surface area contributed by atoms with Crippen LogP contribution >= 0.6 is 11.6 Å². The first-order valence-electron chi connectivity index (χ1n) is 6.13. The Kier molecular flexibility index (Phi) is 5.56. The molecular formula is C13H18ClNO4S. The van der Waals surface area contributed by atoms with Crippen molar-refractivity contribution in [1.82, 2.24) is 0 Å². The third kappa shape index (κ3) is 4.47. The van der Waals surface area contributed by atoms with Gasteiger partial charge in [0.05, 0.1) is 17.2 Å². The first kappa shape index (κ1) is 16.9. The summed E-state index contributed by atoms with van der Waals surface area (Å²) in [4.78, 5) is 11.6. The molecule has 0 aliphatic carbocycles. The van der Waals surface area contributed by atoms with Gasteiger partial charge in [0.1, 0.15) is 4.90 Å². The molecule has 0 heterocycles. The van der Waals surface area contributed by atoms with Gasteiger partial charge in [0.2, 0.25) is 10.0 Å². The number of esters is 1. The maximum absolute atomic E-state index is 11.9. The van der Waals surface area contributed by atoms with Gasteiger partial charge in [-0.05, 0) is 37.0 Å². The van der Waals surface area contributed by atoms with Crippen molar-refractivity contribution in [2.24, 2.45) is 11.1 Å². The summed E-state index contributed by atoms with van der Waals surface area (Å²) in [5.41, 5.74) is 0.577. The summed E-state index contributed by atoms with van der Waals surface area (Å²) >= 11 is 5.89. The summed E-state index contributed by atoms with van der Waals surface area (Å²) in [5.74, 6) is -0.176. The SMILES string of the molecule is Cc1cc(C(=O)OCCC(C)C)cc(S(N)(=O)=O)c1Cl. The third-order valence-corrected chi connectivity index (χ3v) is 4.24. The fourth-order valence-electron chi connectivity index (χ4n) is 1.53. The van der Waals surface area contributed by atoms with E-state index in [4.69, 9.17) is 21.5 Å². The van der Waals surface area contributed by atoms with E-state index in [1.165, 1.54) is 6.07 Å². The van der Waals surface area contributed by atoms with Crippen LogP contribution in [0, 0.1) is 12.8 Å². The summed E-state index contributed by atoms with van der Waals surface area (Å²) < 4.78 is 27.9. The standard InChI is InChI=1S/C13H18ClNO4S/c1-8(2)4-5-19-13(16)10-6-9(3)12(14)11(7-10)20(15,17)18/h6-8H,4-5H2,1-3H3,(H2,15,17,18). The second-order valence-electron chi connectivity index (χ2n) is 4.97. The van der Waals surface area contributed by atoms with Gasteiger partial charge >= 0.3 is 5.97 Å². The maximum atomic E-state index is 11.9. The molecule has 0 fully saturated rings. The molecule has 0 saturated heterocycles. The number of carbonyl (C=O) groups excluding carboxylic acids is 1. The van der Waals surface area contributed by atoms with Crippen LogP contribution in [-0.4, -0.2) is 21.0 Å². The van der Waals surface area contributed by atoms with E-state index in [9.17, 15) is 13.2 Å². The molecular weight excluding hydrogens is 302 g/mol. The van der Waals surface area contributed by atoms with Crippen molar-refractivity contribution in [2.75, 3.05) is 6.61 Å². The lowest BCUT2D eigenvalue weighted by Crippen LogP contribution is -2.15. The number of aryl methyl sites for hydroxylation is 1. The summed E-state index contributed by atoms with van der Waals surface area (Å²) in [6, 6.07) is 2.62. The highest BCUT2D eigenvalue weighted by Gasteiger charge is 2.19. The molecule has 0 unspecified atom stereocenters. The van der Waals surface area contributed by atoms with Crippen LogP contribution in [0.1, 0.15) is 36.2 Å². The summed E-state index contributed by atoms with van der Waals surface area (Å²) in [5, 5.41) is 5.09. The first-order chi connectivity index (χ1) is 9.12. The van der Waals surface area contributed by atoms with E-state index in [2.05, 4.69) is 0 Å². The number of nitrogens with two attached hydrogens (primary N) is 1. The number of ether oxygens (including phenoxy) is 1. The van der Waals surface area contributed by atoms with Gasteiger partial charge in [-0.2, -0.15) is 0 Å². The van der Waals surface area contributed by atoms with Gasteiger partial charge < -0.3 is 4.74 Å². The van der Waals surface area contributed by atoms with E-state index in [-0.39, 0.29) is 22.1 Å². The molecule has 0 atom stereocenters. The summed E-state index contributed by atoms with van der Waals surface area (Å²) in [6.45, 7) is 5.91. The third-order valence-electron chi connectivity index (χ3n) is 2.69.